The molecule has 172 valence electrons. The number of hydrazone groups is 2. The highest BCUT2D eigenvalue weighted by molar-refractivity contribution is 6.71. The van der Waals surface area contributed by atoms with Crippen molar-refractivity contribution in [3.63, 3.8) is 0 Å². The van der Waals surface area contributed by atoms with Gasteiger partial charge in [0.25, 0.3) is 0 Å². The van der Waals surface area contributed by atoms with Crippen LogP contribution in [0.5, 0.6) is 11.5 Å². The van der Waals surface area contributed by atoms with Gasteiger partial charge in [-0.2, -0.15) is 15.2 Å². The van der Waals surface area contributed by atoms with Crippen LogP contribution in [0, 0.1) is 13.8 Å². The van der Waals surface area contributed by atoms with Crippen LogP contribution in [0.15, 0.2) is 70.9 Å². The number of carbonyl (C=O) groups excluding carboxylic acids is 1. The lowest BCUT2D eigenvalue weighted by Crippen LogP contribution is -2.28. The Hall–Kier alpha value is -4.66. The summed E-state index contributed by atoms with van der Waals surface area (Å²) in [5, 5.41) is 29.1. The number of carboxylic acid groups (broad SMARTS) is 1. The summed E-state index contributed by atoms with van der Waals surface area (Å²) in [4.78, 5) is 23.6. The number of hydrogen-bond donors (Lipinski definition) is 3. The molecule has 1 amide bonds. The molecule has 0 bridgehead atoms. The van der Waals surface area contributed by atoms with E-state index in [-0.39, 0.29) is 23.1 Å². The van der Waals surface area contributed by atoms with Gasteiger partial charge in [-0.1, -0.05) is 24.3 Å². The first kappa shape index (κ1) is 22.5. The maximum absolute atomic E-state index is 12.9. The molecule has 0 radical (unpaired) electrons. The maximum Gasteiger partial charge on any atom is 0.511 e. The average molecular weight is 458 g/mol. The van der Waals surface area contributed by atoms with Crippen molar-refractivity contribution in [2.24, 2.45) is 10.2 Å². The molecule has 0 saturated carbocycles. The Morgan fingerprint density at radius 3 is 2.47 bits per heavy atom. The lowest BCUT2D eigenvalue weighted by molar-refractivity contribution is -0.112. The van der Waals surface area contributed by atoms with Gasteiger partial charge in [0.15, 0.2) is 5.71 Å². The minimum absolute atomic E-state index is 0.0996. The van der Waals surface area contributed by atoms with E-state index in [9.17, 15) is 14.7 Å². The minimum Gasteiger partial charge on any atom is -0.506 e. The minimum atomic E-state index is -1.41. The normalized spacial score (nSPS) is 14.3. The van der Waals surface area contributed by atoms with Gasteiger partial charge in [-0.15, -0.1) is 0 Å². The number of anilines is 2. The summed E-state index contributed by atoms with van der Waals surface area (Å²) < 4.78 is 4.68. The van der Waals surface area contributed by atoms with Gasteiger partial charge < -0.3 is 14.9 Å². The van der Waals surface area contributed by atoms with Gasteiger partial charge in [-0.25, -0.2) is 4.79 Å². The van der Waals surface area contributed by atoms with Gasteiger partial charge in [0, 0.05) is 0 Å². The van der Waals surface area contributed by atoms with Crippen molar-refractivity contribution in [1.29, 1.82) is 0 Å². The SMILES string of the molecule is CC1=NN(c2ccc(C)c(C)c2)C(=O)C1=NNc1ccc(-c2cccc(OC(=O)O)c2)cc1O. The molecule has 4 rings (SSSR count). The highest BCUT2D eigenvalue weighted by Crippen LogP contribution is 2.32. The third-order valence-corrected chi connectivity index (χ3v) is 5.38. The first-order chi connectivity index (χ1) is 16.2. The summed E-state index contributed by atoms with van der Waals surface area (Å²) in [5.74, 6) is -0.307. The molecule has 1 heterocycles. The molecule has 0 aromatic heterocycles. The zero-order valence-corrected chi connectivity index (χ0v) is 18.7. The zero-order chi connectivity index (χ0) is 24.4. The monoisotopic (exact) mass is 458 g/mol. The van der Waals surface area contributed by atoms with Crippen LogP contribution >= 0.6 is 0 Å². The number of nitrogens with one attached hydrogen (secondary N) is 1. The van der Waals surface area contributed by atoms with Gasteiger partial charge in [0.05, 0.1) is 17.1 Å². The number of aryl methyl sites for hydroxylation is 2. The van der Waals surface area contributed by atoms with Crippen molar-refractivity contribution in [2.45, 2.75) is 20.8 Å². The number of ether oxygens (including phenoxy) is 1. The fraction of sp³-hybridized carbons (Fsp3) is 0.120. The van der Waals surface area contributed by atoms with Gasteiger partial charge >= 0.3 is 12.1 Å². The smallest absolute Gasteiger partial charge is 0.506 e. The Morgan fingerprint density at radius 2 is 1.76 bits per heavy atom. The second-order valence-corrected chi connectivity index (χ2v) is 7.77. The van der Waals surface area contributed by atoms with E-state index in [1.165, 1.54) is 17.1 Å². The average Bonchev–Trinajstić information content (AvgIpc) is 3.08. The van der Waals surface area contributed by atoms with E-state index in [2.05, 4.69) is 20.4 Å². The van der Waals surface area contributed by atoms with Gasteiger partial charge in [0.1, 0.15) is 11.5 Å². The van der Waals surface area contributed by atoms with Crippen molar-refractivity contribution >= 4 is 34.9 Å². The number of carbonyl (C=O) groups is 2. The number of amides is 1. The maximum atomic E-state index is 12.9. The standard InChI is InChI=1S/C25H22N4O5/c1-14-7-9-19(11-15(14)2)29-24(31)23(16(3)28-29)27-26-21-10-8-18(13-22(21)30)17-5-4-6-20(12-17)34-25(32)33/h4-13,26,30H,1-3H3,(H,32,33). The largest absolute Gasteiger partial charge is 0.511 e. The molecule has 3 aromatic rings. The van der Waals surface area contributed by atoms with Crippen LogP contribution in [0.1, 0.15) is 18.1 Å². The Balaban J connectivity index is 1.53. The molecule has 1 aliphatic rings. The van der Waals surface area contributed by atoms with E-state index < -0.39 is 6.16 Å². The number of nitrogens with zero attached hydrogens (tertiary/aromatic N) is 3. The Kier molecular flexibility index (Phi) is 6.01. The molecule has 1 aliphatic heterocycles. The van der Waals surface area contributed by atoms with Crippen molar-refractivity contribution < 1.29 is 24.5 Å². The summed E-state index contributed by atoms with van der Waals surface area (Å²) in [7, 11) is 0. The van der Waals surface area contributed by atoms with Crippen molar-refractivity contribution in [2.75, 3.05) is 10.4 Å². The predicted molar refractivity (Wildman–Crippen MR) is 130 cm³/mol. The van der Waals surface area contributed by atoms with Crippen LogP contribution in [0.3, 0.4) is 0 Å². The lowest BCUT2D eigenvalue weighted by atomic mass is 10.0. The van der Waals surface area contributed by atoms with Gasteiger partial charge in [-0.3, -0.25) is 10.2 Å². The summed E-state index contributed by atoms with van der Waals surface area (Å²) in [6, 6.07) is 17.0. The second kappa shape index (κ2) is 9.07. The highest BCUT2D eigenvalue weighted by Gasteiger charge is 2.31. The van der Waals surface area contributed by atoms with Crippen LogP contribution in [-0.4, -0.2) is 33.7 Å². The third kappa shape index (κ3) is 4.58. The van der Waals surface area contributed by atoms with Crippen LogP contribution < -0.4 is 15.2 Å². The molecule has 0 fully saturated rings. The predicted octanol–water partition coefficient (Wildman–Crippen LogP) is 4.92. The summed E-state index contributed by atoms with van der Waals surface area (Å²) in [6.45, 7) is 5.65. The van der Waals surface area contributed by atoms with Crippen molar-refractivity contribution in [1.82, 2.24) is 0 Å². The molecule has 0 saturated heterocycles. The number of phenolic OH excluding ortho intramolecular Hbond substituents is 1. The summed E-state index contributed by atoms with van der Waals surface area (Å²) in [5.41, 5.74) is 7.72. The van der Waals surface area contributed by atoms with Crippen LogP contribution in [0.4, 0.5) is 16.2 Å². The first-order valence-corrected chi connectivity index (χ1v) is 10.4. The van der Waals surface area contributed by atoms with E-state index in [1.807, 2.05) is 32.0 Å². The lowest BCUT2D eigenvalue weighted by Gasteiger charge is -2.13. The zero-order valence-electron chi connectivity index (χ0n) is 18.7. The molecule has 0 aliphatic carbocycles. The van der Waals surface area contributed by atoms with Crippen molar-refractivity contribution in [3.05, 3.63) is 71.8 Å². The Morgan fingerprint density at radius 1 is 1.00 bits per heavy atom. The summed E-state index contributed by atoms with van der Waals surface area (Å²) in [6.07, 6.45) is -1.41. The molecular formula is C25H22N4O5. The Labute approximate surface area is 195 Å². The quantitative estimate of drug-likeness (QED) is 0.216. The van der Waals surface area contributed by atoms with E-state index in [0.717, 1.165) is 11.1 Å². The number of benzene rings is 3. The van der Waals surface area contributed by atoms with Crippen LogP contribution in [-0.2, 0) is 4.79 Å². The molecule has 3 aromatic carbocycles. The number of hydrogen-bond acceptors (Lipinski definition) is 7. The van der Waals surface area contributed by atoms with E-state index in [1.54, 1.807) is 37.3 Å². The summed E-state index contributed by atoms with van der Waals surface area (Å²) >= 11 is 0. The topological polar surface area (TPSA) is 124 Å². The van der Waals surface area contributed by atoms with Crippen LogP contribution in [0.25, 0.3) is 11.1 Å². The number of phenols is 1. The van der Waals surface area contributed by atoms with Crippen LogP contribution in [0.2, 0.25) is 0 Å². The fourth-order valence-electron chi connectivity index (χ4n) is 3.42. The third-order valence-electron chi connectivity index (χ3n) is 5.38. The molecule has 9 heteroatoms. The molecule has 0 atom stereocenters. The van der Waals surface area contributed by atoms with Gasteiger partial charge in [-0.05, 0) is 79.4 Å². The molecule has 34 heavy (non-hydrogen) atoms. The second-order valence-electron chi connectivity index (χ2n) is 7.77. The highest BCUT2D eigenvalue weighted by atomic mass is 16.7. The molecule has 3 N–H and O–H groups in total. The fourth-order valence-corrected chi connectivity index (χ4v) is 3.42. The first-order valence-electron chi connectivity index (χ1n) is 10.4. The van der Waals surface area contributed by atoms with E-state index in [0.29, 0.717) is 28.2 Å². The number of rotatable bonds is 5. The molecule has 0 spiro atoms. The Bertz CT molecular complexity index is 1360. The molecular weight excluding hydrogens is 436 g/mol. The van der Waals surface area contributed by atoms with E-state index >= 15 is 0 Å². The number of aromatic hydroxyl groups is 1. The molecule has 9 nitrogen and oxygen atoms in total. The van der Waals surface area contributed by atoms with E-state index in [4.69, 9.17) is 5.11 Å². The van der Waals surface area contributed by atoms with Crippen molar-refractivity contribution in [3.8, 4) is 22.6 Å². The molecule has 0 unspecified atom stereocenters. The van der Waals surface area contributed by atoms with Gasteiger partial charge in [0.2, 0.25) is 0 Å².